The van der Waals surface area contributed by atoms with E-state index in [2.05, 4.69) is 22.2 Å². The fraction of sp³-hybridized carbons (Fsp3) is 0.417. The predicted octanol–water partition coefficient (Wildman–Crippen LogP) is 2.86. The summed E-state index contributed by atoms with van der Waals surface area (Å²) in [6.07, 6.45) is 3.08. The molecule has 0 saturated carbocycles. The average Bonchev–Trinajstić information content (AvgIpc) is 2.32. The van der Waals surface area contributed by atoms with Gasteiger partial charge in [-0.05, 0) is 52.6 Å². The van der Waals surface area contributed by atoms with Crippen LogP contribution in [-0.2, 0) is 0 Å². The first-order valence-electron chi connectivity index (χ1n) is 5.35. The Morgan fingerprint density at radius 3 is 2.82 bits per heavy atom. The summed E-state index contributed by atoms with van der Waals surface area (Å²) in [5.41, 5.74) is 6.99. The van der Waals surface area contributed by atoms with Crippen LogP contribution in [0.2, 0.25) is 0 Å². The summed E-state index contributed by atoms with van der Waals surface area (Å²) in [7, 11) is 1.82. The lowest BCUT2D eigenvalue weighted by molar-refractivity contribution is 0.0795. The number of hydrogen-bond donors (Lipinski definition) is 1. The number of nitrogens with two attached hydrogens (primary N) is 1. The van der Waals surface area contributed by atoms with Gasteiger partial charge in [-0.15, -0.1) is 0 Å². The molecule has 0 aliphatic rings. The average molecular weight is 317 g/mol. The van der Waals surface area contributed by atoms with Crippen LogP contribution in [0.1, 0.15) is 16.8 Å². The first-order chi connectivity index (χ1) is 8.06. The van der Waals surface area contributed by atoms with Crippen LogP contribution in [0.4, 0.5) is 5.69 Å². The Morgan fingerprint density at radius 1 is 1.53 bits per heavy atom. The molecule has 94 valence electrons. The van der Waals surface area contributed by atoms with Crippen molar-refractivity contribution in [3.8, 4) is 0 Å². The van der Waals surface area contributed by atoms with Crippen LogP contribution >= 0.6 is 27.7 Å². The van der Waals surface area contributed by atoms with Gasteiger partial charge in [-0.2, -0.15) is 11.8 Å². The zero-order valence-corrected chi connectivity index (χ0v) is 12.5. The molecule has 3 nitrogen and oxygen atoms in total. The highest BCUT2D eigenvalue weighted by atomic mass is 79.9. The van der Waals surface area contributed by atoms with Gasteiger partial charge in [0.25, 0.3) is 5.91 Å². The summed E-state index contributed by atoms with van der Waals surface area (Å²) in [6, 6.07) is 5.30. The van der Waals surface area contributed by atoms with Crippen LogP contribution in [0.5, 0.6) is 0 Å². The molecule has 0 aromatic heterocycles. The zero-order valence-electron chi connectivity index (χ0n) is 10.1. The van der Waals surface area contributed by atoms with Gasteiger partial charge in [0.1, 0.15) is 0 Å². The maximum Gasteiger partial charge on any atom is 0.253 e. The van der Waals surface area contributed by atoms with Crippen LogP contribution in [0.3, 0.4) is 0 Å². The Bertz CT molecular complexity index is 398. The Balaban J connectivity index is 2.65. The Labute approximate surface area is 115 Å². The van der Waals surface area contributed by atoms with Gasteiger partial charge in [-0.3, -0.25) is 4.79 Å². The van der Waals surface area contributed by atoms with Crippen LogP contribution < -0.4 is 5.73 Å². The number of anilines is 1. The standard InChI is InChI=1S/C12H17BrN2OS/c1-15(6-3-7-17-2)12(16)9-4-5-10(13)11(14)8-9/h4-5,8H,3,6-7,14H2,1-2H3. The fourth-order valence-electron chi connectivity index (χ4n) is 1.44. The van der Waals surface area contributed by atoms with Gasteiger partial charge >= 0.3 is 0 Å². The van der Waals surface area contributed by atoms with E-state index in [4.69, 9.17) is 5.73 Å². The summed E-state index contributed by atoms with van der Waals surface area (Å²) in [5, 5.41) is 0. The minimum atomic E-state index is 0.0188. The van der Waals surface area contributed by atoms with E-state index < -0.39 is 0 Å². The molecule has 0 fully saturated rings. The summed E-state index contributed by atoms with van der Waals surface area (Å²) in [5.74, 6) is 1.09. The number of halogens is 1. The van der Waals surface area contributed by atoms with Crippen molar-refractivity contribution in [3.63, 3.8) is 0 Å². The number of benzene rings is 1. The normalized spacial score (nSPS) is 10.3. The molecule has 1 aromatic carbocycles. The number of carbonyl (C=O) groups excluding carboxylic acids is 1. The molecule has 1 aromatic rings. The maximum absolute atomic E-state index is 12.1. The molecule has 5 heteroatoms. The van der Waals surface area contributed by atoms with Gasteiger partial charge < -0.3 is 10.6 Å². The lowest BCUT2D eigenvalue weighted by atomic mass is 10.2. The van der Waals surface area contributed by atoms with E-state index in [1.54, 1.807) is 34.9 Å². The van der Waals surface area contributed by atoms with Crippen molar-refractivity contribution in [1.29, 1.82) is 0 Å². The molecule has 1 rings (SSSR count). The number of rotatable bonds is 5. The number of nitrogen functional groups attached to an aromatic ring is 1. The minimum Gasteiger partial charge on any atom is -0.398 e. The molecular formula is C12H17BrN2OS. The van der Waals surface area contributed by atoms with Crippen molar-refractivity contribution in [3.05, 3.63) is 28.2 Å². The molecule has 2 N–H and O–H groups in total. The number of amides is 1. The molecule has 0 aliphatic carbocycles. The van der Waals surface area contributed by atoms with Gasteiger partial charge in [0.05, 0.1) is 0 Å². The van der Waals surface area contributed by atoms with Gasteiger partial charge in [0, 0.05) is 29.3 Å². The van der Waals surface area contributed by atoms with E-state index >= 15 is 0 Å². The summed E-state index contributed by atoms with van der Waals surface area (Å²) in [6.45, 7) is 0.773. The summed E-state index contributed by atoms with van der Waals surface area (Å²) in [4.78, 5) is 13.8. The lowest BCUT2D eigenvalue weighted by Crippen LogP contribution is -2.28. The fourth-order valence-corrected chi connectivity index (χ4v) is 2.11. The Hall–Kier alpha value is -0.680. The number of thioether (sulfide) groups is 1. The van der Waals surface area contributed by atoms with E-state index in [1.165, 1.54) is 0 Å². The van der Waals surface area contributed by atoms with E-state index in [-0.39, 0.29) is 5.91 Å². The largest absolute Gasteiger partial charge is 0.398 e. The molecule has 1 amide bonds. The van der Waals surface area contributed by atoms with Crippen molar-refractivity contribution >= 4 is 39.3 Å². The van der Waals surface area contributed by atoms with Crippen molar-refractivity contribution in [2.24, 2.45) is 0 Å². The molecule has 17 heavy (non-hydrogen) atoms. The van der Waals surface area contributed by atoms with E-state index in [1.807, 2.05) is 7.05 Å². The lowest BCUT2D eigenvalue weighted by Gasteiger charge is -2.17. The van der Waals surface area contributed by atoms with Crippen molar-refractivity contribution in [1.82, 2.24) is 4.90 Å². The van der Waals surface area contributed by atoms with E-state index in [0.29, 0.717) is 11.3 Å². The second-order valence-electron chi connectivity index (χ2n) is 3.81. The third kappa shape index (κ3) is 4.24. The highest BCUT2D eigenvalue weighted by molar-refractivity contribution is 9.10. The molecule has 0 radical (unpaired) electrons. The molecule has 0 spiro atoms. The van der Waals surface area contributed by atoms with Gasteiger partial charge in [-0.25, -0.2) is 0 Å². The third-order valence-electron chi connectivity index (χ3n) is 2.43. The molecule has 0 aliphatic heterocycles. The van der Waals surface area contributed by atoms with Crippen LogP contribution in [-0.4, -0.2) is 36.4 Å². The first-order valence-corrected chi connectivity index (χ1v) is 7.54. The molecule has 0 heterocycles. The first kappa shape index (κ1) is 14.4. The quantitative estimate of drug-likeness (QED) is 0.671. The Morgan fingerprint density at radius 2 is 2.24 bits per heavy atom. The number of carbonyl (C=O) groups is 1. The van der Waals surface area contributed by atoms with E-state index in [9.17, 15) is 4.79 Å². The third-order valence-corrected chi connectivity index (χ3v) is 3.85. The predicted molar refractivity (Wildman–Crippen MR) is 78.5 cm³/mol. The maximum atomic E-state index is 12.1. The van der Waals surface area contributed by atoms with Gasteiger partial charge in [-0.1, -0.05) is 0 Å². The summed E-state index contributed by atoms with van der Waals surface area (Å²) < 4.78 is 0.819. The molecular weight excluding hydrogens is 300 g/mol. The Kier molecular flexibility index (Phi) is 5.85. The highest BCUT2D eigenvalue weighted by Gasteiger charge is 2.12. The smallest absolute Gasteiger partial charge is 0.253 e. The second kappa shape index (κ2) is 6.91. The SMILES string of the molecule is CSCCCN(C)C(=O)c1ccc(Br)c(N)c1. The minimum absolute atomic E-state index is 0.0188. The molecule has 0 atom stereocenters. The van der Waals surface area contributed by atoms with Crippen molar-refractivity contribution < 1.29 is 4.79 Å². The van der Waals surface area contributed by atoms with Crippen LogP contribution in [0.15, 0.2) is 22.7 Å². The number of hydrogen-bond acceptors (Lipinski definition) is 3. The highest BCUT2D eigenvalue weighted by Crippen LogP contribution is 2.20. The van der Waals surface area contributed by atoms with Crippen LogP contribution in [0, 0.1) is 0 Å². The second-order valence-corrected chi connectivity index (χ2v) is 5.65. The van der Waals surface area contributed by atoms with Crippen LogP contribution in [0.25, 0.3) is 0 Å². The molecule has 0 bridgehead atoms. The molecule has 0 saturated heterocycles. The van der Waals surface area contributed by atoms with Gasteiger partial charge in [0.2, 0.25) is 0 Å². The zero-order chi connectivity index (χ0) is 12.8. The van der Waals surface area contributed by atoms with Crippen molar-refractivity contribution in [2.45, 2.75) is 6.42 Å². The number of nitrogens with zero attached hydrogens (tertiary/aromatic N) is 1. The van der Waals surface area contributed by atoms with Gasteiger partial charge in [0.15, 0.2) is 0 Å². The monoisotopic (exact) mass is 316 g/mol. The summed E-state index contributed by atoms with van der Waals surface area (Å²) >= 11 is 5.11. The topological polar surface area (TPSA) is 46.3 Å². The van der Waals surface area contributed by atoms with Crippen molar-refractivity contribution in [2.75, 3.05) is 31.3 Å². The van der Waals surface area contributed by atoms with E-state index in [0.717, 1.165) is 23.2 Å². The molecule has 0 unspecified atom stereocenters.